The van der Waals surface area contributed by atoms with Crippen molar-refractivity contribution in [2.75, 3.05) is 20.4 Å². The van der Waals surface area contributed by atoms with E-state index in [-0.39, 0.29) is 39.3 Å². The van der Waals surface area contributed by atoms with Gasteiger partial charge in [-0.25, -0.2) is 0 Å². The van der Waals surface area contributed by atoms with Crippen LogP contribution in [0.4, 0.5) is 0 Å². The average molecular weight is 524 g/mol. The van der Waals surface area contributed by atoms with Gasteiger partial charge in [-0.2, -0.15) is 8.42 Å². The summed E-state index contributed by atoms with van der Waals surface area (Å²) < 4.78 is 25.9. The van der Waals surface area contributed by atoms with Crippen molar-refractivity contribution in [2.24, 2.45) is 11.8 Å². The Morgan fingerprint density at radius 1 is 1.09 bits per heavy atom. The van der Waals surface area contributed by atoms with Crippen LogP contribution in [-0.2, 0) is 40.8 Å². The molecule has 0 saturated heterocycles. The molecule has 0 heterocycles. The summed E-state index contributed by atoms with van der Waals surface area (Å²) in [6.07, 6.45) is 2.04. The number of carboxylic acids is 2. The van der Waals surface area contributed by atoms with Gasteiger partial charge in [0.25, 0.3) is 10.1 Å². The summed E-state index contributed by atoms with van der Waals surface area (Å²) >= 11 is 0. The van der Waals surface area contributed by atoms with E-state index in [1.165, 1.54) is 0 Å². The van der Waals surface area contributed by atoms with E-state index >= 15 is 0 Å². The van der Waals surface area contributed by atoms with Gasteiger partial charge < -0.3 is 27.4 Å². The molecule has 0 bridgehead atoms. The van der Waals surface area contributed by atoms with Gasteiger partial charge in [0.1, 0.15) is 0 Å². The van der Waals surface area contributed by atoms with E-state index in [2.05, 4.69) is 0 Å². The number of rotatable bonds is 4. The summed E-state index contributed by atoms with van der Waals surface area (Å²) in [6, 6.07) is 0.334. The van der Waals surface area contributed by atoms with Gasteiger partial charge in [-0.15, -0.1) is 0 Å². The molecule has 0 aromatic heterocycles. The second kappa shape index (κ2) is 11.9. The molecule has 0 radical (unpaired) electrons. The first-order valence-corrected chi connectivity index (χ1v) is 7.32. The van der Waals surface area contributed by atoms with E-state index in [1.54, 1.807) is 0 Å². The molecule has 1 aliphatic carbocycles. The van der Waals surface area contributed by atoms with Crippen LogP contribution < -0.4 is 0 Å². The van der Waals surface area contributed by atoms with Crippen molar-refractivity contribution in [3.05, 3.63) is 12.3 Å². The van der Waals surface area contributed by atoms with E-state index in [0.29, 0.717) is 25.1 Å². The standard InChI is InChI=1S/C9H15NO4.CH4O3S.2H2N.Pt/c1-10(2)6-3-5(4-6)7(8(11)12)9(13)14;1-5(2,3)4;;;/h5-7H,3-4H2,1-2H3,(H,11,12)(H,13,14);1H3,(H,2,3,4);2*1H2;/q;;2*-1;+2. The van der Waals surface area contributed by atoms with Crippen LogP contribution in [0, 0.1) is 11.8 Å². The molecule has 7 N–H and O–H groups in total. The quantitative estimate of drug-likeness (QED) is 0.358. The molecule has 0 aliphatic heterocycles. The topological polar surface area (TPSA) is 199 Å². The molecule has 10 nitrogen and oxygen atoms in total. The number of nitrogens with zero attached hydrogens (tertiary/aromatic N) is 1. The predicted molar refractivity (Wildman–Crippen MR) is 77.0 cm³/mol. The third kappa shape index (κ3) is 12.0. The Labute approximate surface area is 144 Å². The molecule has 0 amide bonds. The SMILES string of the molecule is CN(C)C1CC(C(C(=O)O)C(=O)O)C1.CS(=O)(=O)O.[NH2-].[NH2-].[Pt+2]. The number of hydrogen-bond donors (Lipinski definition) is 3. The smallest absolute Gasteiger partial charge is 0.693 e. The molecule has 0 unspecified atom stereocenters. The van der Waals surface area contributed by atoms with Crippen molar-refractivity contribution in [2.45, 2.75) is 18.9 Å². The number of carbonyl (C=O) groups is 2. The molecule has 0 atom stereocenters. The van der Waals surface area contributed by atoms with Gasteiger partial charge in [0, 0.05) is 6.04 Å². The van der Waals surface area contributed by atoms with Crippen molar-refractivity contribution in [1.82, 2.24) is 4.90 Å². The maximum absolute atomic E-state index is 10.7. The van der Waals surface area contributed by atoms with Crippen LogP contribution >= 0.6 is 0 Å². The molecule has 0 spiro atoms. The average Bonchev–Trinajstić information content (AvgIpc) is 2.04. The normalized spacial score (nSPS) is 19.4. The van der Waals surface area contributed by atoms with Crippen molar-refractivity contribution in [3.8, 4) is 0 Å². The molecule has 22 heavy (non-hydrogen) atoms. The van der Waals surface area contributed by atoms with Gasteiger partial charge in [-0.1, -0.05) is 0 Å². The van der Waals surface area contributed by atoms with Crippen molar-refractivity contribution in [1.29, 1.82) is 0 Å². The van der Waals surface area contributed by atoms with Gasteiger partial charge in [0.15, 0.2) is 5.92 Å². The van der Waals surface area contributed by atoms with E-state index < -0.39 is 28.0 Å². The summed E-state index contributed by atoms with van der Waals surface area (Å²) in [5.41, 5.74) is 0. The summed E-state index contributed by atoms with van der Waals surface area (Å²) in [5, 5.41) is 17.4. The maximum atomic E-state index is 10.7. The van der Waals surface area contributed by atoms with Gasteiger partial charge in [0.2, 0.25) is 0 Å². The third-order valence-electron chi connectivity index (χ3n) is 2.88. The third-order valence-corrected chi connectivity index (χ3v) is 2.88. The van der Waals surface area contributed by atoms with Crippen molar-refractivity contribution in [3.63, 3.8) is 0 Å². The fourth-order valence-electron chi connectivity index (χ4n) is 1.83. The van der Waals surface area contributed by atoms with E-state index in [4.69, 9.17) is 14.8 Å². The number of hydrogen-bond acceptors (Lipinski definition) is 5. The number of aliphatic carboxylic acids is 2. The van der Waals surface area contributed by atoms with E-state index in [1.807, 2.05) is 19.0 Å². The van der Waals surface area contributed by atoms with Crippen LogP contribution in [0.15, 0.2) is 0 Å². The molecule has 136 valence electrons. The minimum atomic E-state index is -3.67. The fourth-order valence-corrected chi connectivity index (χ4v) is 1.83. The van der Waals surface area contributed by atoms with Gasteiger partial charge in [-0.3, -0.25) is 14.1 Å². The van der Waals surface area contributed by atoms with Crippen LogP contribution in [0.2, 0.25) is 0 Å². The number of nitrogens with two attached hydrogens (primary N) is 2. The zero-order valence-electron chi connectivity index (χ0n) is 12.4. The second-order valence-corrected chi connectivity index (χ2v) is 6.20. The van der Waals surface area contributed by atoms with E-state index in [9.17, 15) is 18.0 Å². The Kier molecular flexibility index (Phi) is 15.9. The van der Waals surface area contributed by atoms with Crippen LogP contribution in [-0.4, -0.2) is 66.4 Å². The zero-order chi connectivity index (χ0) is 15.4. The van der Waals surface area contributed by atoms with Gasteiger partial charge >= 0.3 is 33.0 Å². The molecular weight excluding hydrogens is 501 g/mol. The monoisotopic (exact) mass is 524 g/mol. The summed E-state index contributed by atoms with van der Waals surface area (Å²) in [6.45, 7) is 0. The van der Waals surface area contributed by atoms with Crippen LogP contribution in [0.1, 0.15) is 12.8 Å². The summed E-state index contributed by atoms with van der Waals surface area (Å²) in [7, 11) is 0.162. The van der Waals surface area contributed by atoms with Crippen molar-refractivity contribution >= 4 is 22.1 Å². The Morgan fingerprint density at radius 2 is 1.36 bits per heavy atom. The first-order valence-electron chi connectivity index (χ1n) is 5.48. The Balaban J connectivity index is -0.000000179. The first kappa shape index (κ1) is 29.4. The Morgan fingerprint density at radius 3 is 1.55 bits per heavy atom. The molecule has 1 rings (SSSR count). The number of carboxylic acid groups (broad SMARTS) is 2. The molecule has 0 aromatic rings. The molecule has 1 fully saturated rings. The summed E-state index contributed by atoms with van der Waals surface area (Å²) in [4.78, 5) is 23.3. The minimum Gasteiger partial charge on any atom is -0.693 e. The van der Waals surface area contributed by atoms with E-state index in [0.717, 1.165) is 0 Å². The Bertz CT molecular complexity index is 416. The molecule has 12 heteroatoms. The fraction of sp³-hybridized carbons (Fsp3) is 0.800. The second-order valence-electron chi connectivity index (χ2n) is 4.74. The van der Waals surface area contributed by atoms with Crippen LogP contribution in [0.5, 0.6) is 0 Å². The Hall–Kier alpha value is -0.582. The molecule has 1 saturated carbocycles. The first-order chi connectivity index (χ1) is 8.43. The molecule has 1 aliphatic rings. The van der Waals surface area contributed by atoms with Crippen molar-refractivity contribution < 1.29 is 53.8 Å². The minimum absolute atomic E-state index is 0. The molecule has 0 aromatic carbocycles. The van der Waals surface area contributed by atoms with Crippen LogP contribution in [0.3, 0.4) is 0 Å². The van der Waals surface area contributed by atoms with Gasteiger partial charge in [0.05, 0.1) is 6.26 Å². The zero-order valence-corrected chi connectivity index (χ0v) is 15.5. The van der Waals surface area contributed by atoms with Gasteiger partial charge in [-0.05, 0) is 32.9 Å². The molecular formula is C10H23N3O7PtS. The predicted octanol–water partition coefficient (Wildman–Crippen LogP) is 1.05. The van der Waals surface area contributed by atoms with Crippen LogP contribution in [0.25, 0.3) is 12.3 Å². The summed E-state index contributed by atoms with van der Waals surface area (Å²) in [5.74, 6) is -3.89. The largest absolute Gasteiger partial charge is 2.00 e. The maximum Gasteiger partial charge on any atom is 2.00 e.